The molecular formula is C17H14N2O4S. The van der Waals surface area contributed by atoms with Crippen molar-refractivity contribution in [2.75, 3.05) is 5.32 Å². The van der Waals surface area contributed by atoms with Crippen molar-refractivity contribution < 1.29 is 19.2 Å². The maximum absolute atomic E-state index is 12.8. The van der Waals surface area contributed by atoms with Gasteiger partial charge >= 0.3 is 6.03 Å². The van der Waals surface area contributed by atoms with Crippen LogP contribution in [-0.4, -0.2) is 23.4 Å². The monoisotopic (exact) mass is 342 g/mol. The van der Waals surface area contributed by atoms with E-state index >= 15 is 0 Å². The second kappa shape index (κ2) is 5.68. The number of rotatable bonds is 3. The highest BCUT2D eigenvalue weighted by Crippen LogP contribution is 2.35. The number of ketones is 3. The Balaban J connectivity index is 2.06. The van der Waals surface area contributed by atoms with Crippen molar-refractivity contribution in [2.24, 2.45) is 11.7 Å². The van der Waals surface area contributed by atoms with Crippen molar-refractivity contribution in [1.82, 2.24) is 0 Å². The summed E-state index contributed by atoms with van der Waals surface area (Å²) < 4.78 is 0. The van der Waals surface area contributed by atoms with E-state index in [9.17, 15) is 19.2 Å². The molecule has 1 aliphatic carbocycles. The quantitative estimate of drug-likeness (QED) is 0.660. The molecular weight excluding hydrogens is 328 g/mol. The van der Waals surface area contributed by atoms with Crippen LogP contribution in [0.2, 0.25) is 0 Å². The fourth-order valence-corrected chi connectivity index (χ4v) is 3.88. The predicted molar refractivity (Wildman–Crippen MR) is 89.9 cm³/mol. The second-order valence-corrected chi connectivity index (χ2v) is 7.03. The summed E-state index contributed by atoms with van der Waals surface area (Å²) in [5.74, 6) is -3.06. The average molecular weight is 342 g/mol. The van der Waals surface area contributed by atoms with Crippen LogP contribution in [0, 0.1) is 19.8 Å². The van der Waals surface area contributed by atoms with Crippen LogP contribution in [0.1, 0.15) is 40.8 Å². The van der Waals surface area contributed by atoms with Gasteiger partial charge in [0.1, 0.15) is 5.92 Å². The summed E-state index contributed by atoms with van der Waals surface area (Å²) in [6.45, 7) is 3.64. The molecule has 3 N–H and O–H groups in total. The van der Waals surface area contributed by atoms with E-state index in [2.05, 4.69) is 5.32 Å². The molecule has 1 heterocycles. The molecule has 1 aromatic heterocycles. The zero-order valence-corrected chi connectivity index (χ0v) is 13.8. The number of benzene rings is 1. The number of amides is 2. The normalized spacial score (nSPS) is 16.2. The van der Waals surface area contributed by atoms with Crippen molar-refractivity contribution >= 4 is 40.4 Å². The number of urea groups is 1. The van der Waals surface area contributed by atoms with Gasteiger partial charge in [-0.1, -0.05) is 12.1 Å². The summed E-state index contributed by atoms with van der Waals surface area (Å²) in [6.07, 6.45) is 0. The van der Waals surface area contributed by atoms with E-state index in [1.807, 2.05) is 6.92 Å². The Morgan fingerprint density at radius 2 is 1.88 bits per heavy atom. The Bertz CT molecular complexity index is 913. The molecule has 122 valence electrons. The van der Waals surface area contributed by atoms with Gasteiger partial charge in [0, 0.05) is 20.9 Å². The van der Waals surface area contributed by atoms with E-state index in [1.54, 1.807) is 13.0 Å². The summed E-state index contributed by atoms with van der Waals surface area (Å²) >= 11 is 1.44. The van der Waals surface area contributed by atoms with Gasteiger partial charge in [0.05, 0.1) is 11.3 Å². The Morgan fingerprint density at radius 1 is 1.17 bits per heavy atom. The average Bonchev–Trinajstić information content (AvgIpc) is 2.96. The molecule has 3 rings (SSSR count). The fraction of sp³-hybridized carbons (Fsp3) is 0.176. The van der Waals surface area contributed by atoms with Gasteiger partial charge in [-0.3, -0.25) is 14.4 Å². The molecule has 0 aliphatic heterocycles. The van der Waals surface area contributed by atoms with Gasteiger partial charge in [0.15, 0.2) is 17.3 Å². The van der Waals surface area contributed by atoms with Crippen LogP contribution in [0.3, 0.4) is 0 Å². The fourth-order valence-electron chi connectivity index (χ4n) is 2.95. The minimum Gasteiger partial charge on any atom is -0.351 e. The number of aryl methyl sites for hydroxylation is 2. The third-order valence-electron chi connectivity index (χ3n) is 3.93. The van der Waals surface area contributed by atoms with E-state index in [0.717, 1.165) is 9.75 Å². The SMILES string of the molecule is Cc1cc(C(=O)C2C(=O)c3cccc(NC(N)=O)c3C2=O)c(C)s1. The van der Waals surface area contributed by atoms with E-state index in [1.165, 1.54) is 29.5 Å². The molecule has 0 saturated heterocycles. The van der Waals surface area contributed by atoms with Crippen molar-refractivity contribution in [1.29, 1.82) is 0 Å². The summed E-state index contributed by atoms with van der Waals surface area (Å²) in [5, 5.41) is 2.33. The molecule has 1 aromatic carbocycles. The summed E-state index contributed by atoms with van der Waals surface area (Å²) in [5.41, 5.74) is 5.81. The van der Waals surface area contributed by atoms with E-state index in [4.69, 9.17) is 5.73 Å². The third-order valence-corrected chi connectivity index (χ3v) is 4.89. The summed E-state index contributed by atoms with van der Waals surface area (Å²) in [6, 6.07) is 5.32. The highest BCUT2D eigenvalue weighted by Gasteiger charge is 2.45. The van der Waals surface area contributed by atoms with Crippen LogP contribution >= 0.6 is 11.3 Å². The van der Waals surface area contributed by atoms with Crippen LogP contribution in [-0.2, 0) is 0 Å². The maximum Gasteiger partial charge on any atom is 0.316 e. The molecule has 2 aromatic rings. The number of carbonyl (C=O) groups is 4. The smallest absolute Gasteiger partial charge is 0.316 e. The molecule has 24 heavy (non-hydrogen) atoms. The molecule has 0 bridgehead atoms. The van der Waals surface area contributed by atoms with Crippen LogP contribution in [0.4, 0.5) is 10.5 Å². The number of nitrogens with one attached hydrogen (secondary N) is 1. The highest BCUT2D eigenvalue weighted by atomic mass is 32.1. The Morgan fingerprint density at radius 3 is 2.46 bits per heavy atom. The van der Waals surface area contributed by atoms with Gasteiger partial charge < -0.3 is 11.1 Å². The number of thiophene rings is 1. The number of carbonyl (C=O) groups excluding carboxylic acids is 4. The first-order chi connectivity index (χ1) is 11.3. The third kappa shape index (κ3) is 2.43. The summed E-state index contributed by atoms with van der Waals surface area (Å²) in [7, 11) is 0. The number of hydrogen-bond donors (Lipinski definition) is 2. The van der Waals surface area contributed by atoms with Crippen molar-refractivity contribution in [3.8, 4) is 0 Å². The maximum atomic E-state index is 12.8. The Labute approximate surface area is 141 Å². The Hall–Kier alpha value is -2.80. The standard InChI is InChI=1S/C17H14N2O4S/c1-7-6-10(8(2)24-7)15(21)13-14(20)9-4-3-5-11(19-17(18)23)12(9)16(13)22/h3-6,13H,1-2H3,(H3,18,19,23). The molecule has 0 spiro atoms. The highest BCUT2D eigenvalue weighted by molar-refractivity contribution is 7.12. The molecule has 6 nitrogen and oxygen atoms in total. The first-order valence-corrected chi connectivity index (χ1v) is 8.02. The molecule has 7 heteroatoms. The number of fused-ring (bicyclic) bond motifs is 1. The molecule has 1 atom stereocenters. The van der Waals surface area contributed by atoms with Crippen LogP contribution in [0.5, 0.6) is 0 Å². The minimum atomic E-state index is -1.40. The van der Waals surface area contributed by atoms with Gasteiger partial charge in [0.25, 0.3) is 0 Å². The number of anilines is 1. The molecule has 1 unspecified atom stereocenters. The lowest BCUT2D eigenvalue weighted by atomic mass is 9.93. The number of hydrogen-bond acceptors (Lipinski definition) is 5. The molecule has 0 saturated carbocycles. The van der Waals surface area contributed by atoms with Gasteiger partial charge in [-0.25, -0.2) is 4.79 Å². The van der Waals surface area contributed by atoms with E-state index < -0.39 is 29.3 Å². The van der Waals surface area contributed by atoms with Gasteiger partial charge in [0.2, 0.25) is 0 Å². The van der Waals surface area contributed by atoms with Crippen molar-refractivity contribution in [3.05, 3.63) is 50.7 Å². The lowest BCUT2D eigenvalue weighted by Crippen LogP contribution is -2.26. The molecule has 0 radical (unpaired) electrons. The number of Topliss-reactive ketones (excluding diaryl/α,β-unsaturated/α-hetero) is 3. The van der Waals surface area contributed by atoms with Crippen molar-refractivity contribution in [2.45, 2.75) is 13.8 Å². The van der Waals surface area contributed by atoms with Gasteiger partial charge in [-0.15, -0.1) is 11.3 Å². The predicted octanol–water partition coefficient (Wildman–Crippen LogP) is 2.73. The van der Waals surface area contributed by atoms with Crippen LogP contribution in [0.25, 0.3) is 0 Å². The van der Waals surface area contributed by atoms with Gasteiger partial charge in [-0.05, 0) is 26.0 Å². The lowest BCUT2D eigenvalue weighted by Gasteiger charge is -2.07. The lowest BCUT2D eigenvalue weighted by molar-refractivity contribution is 0.0756. The zero-order valence-electron chi connectivity index (χ0n) is 13.0. The Kier molecular flexibility index (Phi) is 3.81. The summed E-state index contributed by atoms with van der Waals surface area (Å²) in [4.78, 5) is 50.9. The minimum absolute atomic E-state index is 0.0456. The molecule has 1 aliphatic rings. The first kappa shape index (κ1) is 16.1. The van der Waals surface area contributed by atoms with Crippen LogP contribution in [0.15, 0.2) is 24.3 Å². The van der Waals surface area contributed by atoms with Crippen molar-refractivity contribution in [3.63, 3.8) is 0 Å². The number of primary amides is 1. The van der Waals surface area contributed by atoms with E-state index in [-0.39, 0.29) is 16.8 Å². The number of nitrogens with two attached hydrogens (primary N) is 1. The topological polar surface area (TPSA) is 106 Å². The largest absolute Gasteiger partial charge is 0.351 e. The second-order valence-electron chi connectivity index (χ2n) is 5.57. The van der Waals surface area contributed by atoms with Gasteiger partial charge in [-0.2, -0.15) is 0 Å². The zero-order chi connectivity index (χ0) is 17.6. The van der Waals surface area contributed by atoms with Crippen LogP contribution < -0.4 is 11.1 Å². The molecule has 0 fully saturated rings. The first-order valence-electron chi connectivity index (χ1n) is 7.20. The van der Waals surface area contributed by atoms with E-state index in [0.29, 0.717) is 5.56 Å². The molecule has 2 amide bonds.